The van der Waals surface area contributed by atoms with Gasteiger partial charge in [0.1, 0.15) is 5.75 Å². The van der Waals surface area contributed by atoms with Gasteiger partial charge in [-0.3, -0.25) is 0 Å². The normalized spacial score (nSPS) is 10.9. The molecule has 5 heteroatoms. The number of nitrogens with zero attached hydrogens (tertiary/aromatic N) is 3. The second-order valence-corrected chi connectivity index (χ2v) is 8.31. The molecule has 27 heavy (non-hydrogen) atoms. The second kappa shape index (κ2) is 8.15. The highest BCUT2D eigenvalue weighted by atomic mass is 31.1. The molecule has 0 saturated carbocycles. The monoisotopic (exact) mass is 373 g/mol. The molecule has 134 valence electrons. The van der Waals surface area contributed by atoms with Crippen LogP contribution in [0.2, 0.25) is 0 Å². The van der Waals surface area contributed by atoms with Gasteiger partial charge in [0.15, 0.2) is 0 Å². The third kappa shape index (κ3) is 4.07. The molecule has 1 aromatic heterocycles. The van der Waals surface area contributed by atoms with Gasteiger partial charge in [-0.1, -0.05) is 65.9 Å². The summed E-state index contributed by atoms with van der Waals surface area (Å²) in [6.07, 6.45) is 2.88. The molecule has 0 unspecified atom stereocenters. The number of hydrogen-bond donors (Lipinski definition) is 0. The van der Waals surface area contributed by atoms with E-state index in [1.165, 1.54) is 10.6 Å². The number of benzene rings is 3. The van der Waals surface area contributed by atoms with E-state index >= 15 is 0 Å². The highest BCUT2D eigenvalue weighted by molar-refractivity contribution is 7.72. The van der Waals surface area contributed by atoms with Crippen molar-refractivity contribution in [2.24, 2.45) is 0 Å². The van der Waals surface area contributed by atoms with Crippen LogP contribution in [0, 0.1) is 0 Å². The fourth-order valence-electron chi connectivity index (χ4n) is 2.94. The summed E-state index contributed by atoms with van der Waals surface area (Å²) >= 11 is 0. The third-order valence-electron chi connectivity index (χ3n) is 4.33. The summed E-state index contributed by atoms with van der Waals surface area (Å²) in [6.45, 7) is 0. The lowest BCUT2D eigenvalue weighted by Crippen LogP contribution is -2.13. The fraction of sp³-hybridized carbons (Fsp3) is 0.0909. The van der Waals surface area contributed by atoms with Gasteiger partial charge in [-0.25, -0.2) is 4.68 Å². The van der Waals surface area contributed by atoms with E-state index in [1.54, 1.807) is 7.11 Å². The van der Waals surface area contributed by atoms with Gasteiger partial charge >= 0.3 is 0 Å². The number of rotatable bonds is 6. The summed E-state index contributed by atoms with van der Waals surface area (Å²) in [4.78, 5) is 0. The SMILES string of the molecule is COc1ccc(-n2cc(CP(c3ccccc3)c3ccccc3)nn2)cc1. The van der Waals surface area contributed by atoms with Crippen LogP contribution < -0.4 is 15.3 Å². The Balaban J connectivity index is 1.61. The maximum absolute atomic E-state index is 5.22. The molecule has 0 aliphatic rings. The number of aromatic nitrogens is 3. The summed E-state index contributed by atoms with van der Waals surface area (Å²) in [6, 6.07) is 29.1. The lowest BCUT2D eigenvalue weighted by molar-refractivity contribution is 0.414. The van der Waals surface area contributed by atoms with Crippen molar-refractivity contribution in [3.63, 3.8) is 0 Å². The van der Waals surface area contributed by atoms with Crippen LogP contribution in [-0.4, -0.2) is 22.1 Å². The van der Waals surface area contributed by atoms with Crippen molar-refractivity contribution in [1.29, 1.82) is 0 Å². The molecule has 4 aromatic rings. The van der Waals surface area contributed by atoms with E-state index in [0.717, 1.165) is 23.3 Å². The summed E-state index contributed by atoms with van der Waals surface area (Å²) < 4.78 is 7.04. The summed E-state index contributed by atoms with van der Waals surface area (Å²) in [5.74, 6) is 0.829. The first-order valence-electron chi connectivity index (χ1n) is 8.77. The lowest BCUT2D eigenvalue weighted by Gasteiger charge is -2.17. The van der Waals surface area contributed by atoms with E-state index < -0.39 is 7.92 Å². The zero-order chi connectivity index (χ0) is 18.5. The summed E-state index contributed by atoms with van der Waals surface area (Å²) in [5.41, 5.74) is 1.96. The van der Waals surface area contributed by atoms with Crippen LogP contribution >= 0.6 is 7.92 Å². The van der Waals surface area contributed by atoms with Crippen molar-refractivity contribution in [2.75, 3.05) is 7.11 Å². The standard InChI is InChI=1S/C22H20N3OP/c1-26-20-14-12-19(13-15-20)25-16-18(23-24-25)17-27(21-8-4-2-5-9-21)22-10-6-3-7-11-22/h2-16H,17H2,1H3. The zero-order valence-electron chi connectivity index (χ0n) is 15.1. The van der Waals surface area contributed by atoms with Gasteiger partial charge in [-0.15, -0.1) is 5.10 Å². The van der Waals surface area contributed by atoms with Gasteiger partial charge in [0.25, 0.3) is 0 Å². The molecule has 4 rings (SSSR count). The molecule has 0 N–H and O–H groups in total. The van der Waals surface area contributed by atoms with Crippen LogP contribution in [-0.2, 0) is 6.16 Å². The Bertz CT molecular complexity index is 946. The summed E-state index contributed by atoms with van der Waals surface area (Å²) in [7, 11) is 1.14. The maximum Gasteiger partial charge on any atom is 0.119 e. The molecular formula is C22H20N3OP. The van der Waals surface area contributed by atoms with E-state index in [9.17, 15) is 0 Å². The van der Waals surface area contributed by atoms with E-state index in [2.05, 4.69) is 71.0 Å². The molecule has 1 heterocycles. The Morgan fingerprint density at radius 1 is 0.815 bits per heavy atom. The minimum Gasteiger partial charge on any atom is -0.497 e. The van der Waals surface area contributed by atoms with Gasteiger partial charge in [0.05, 0.1) is 24.7 Å². The predicted octanol–water partition coefficient (Wildman–Crippen LogP) is 3.91. The molecule has 0 radical (unpaired) electrons. The second-order valence-electron chi connectivity index (χ2n) is 6.11. The number of hydrogen-bond acceptors (Lipinski definition) is 3. The molecule has 0 bridgehead atoms. The zero-order valence-corrected chi connectivity index (χ0v) is 16.0. The molecule has 0 spiro atoms. The van der Waals surface area contributed by atoms with Crippen molar-refractivity contribution in [3.8, 4) is 11.4 Å². The van der Waals surface area contributed by atoms with E-state index in [-0.39, 0.29) is 0 Å². The summed E-state index contributed by atoms with van der Waals surface area (Å²) in [5, 5.41) is 11.4. The molecular weight excluding hydrogens is 353 g/mol. The highest BCUT2D eigenvalue weighted by Crippen LogP contribution is 2.37. The van der Waals surface area contributed by atoms with Gasteiger partial charge in [0.2, 0.25) is 0 Å². The number of ether oxygens (including phenoxy) is 1. The minimum atomic E-state index is -0.526. The van der Waals surface area contributed by atoms with Crippen LogP contribution in [0.15, 0.2) is 91.1 Å². The molecule has 0 aliphatic heterocycles. The van der Waals surface area contributed by atoms with E-state index in [1.807, 2.05) is 35.1 Å². The Kier molecular flexibility index (Phi) is 5.27. The predicted molar refractivity (Wildman–Crippen MR) is 111 cm³/mol. The number of methoxy groups -OCH3 is 1. The van der Waals surface area contributed by atoms with E-state index in [4.69, 9.17) is 4.74 Å². The first-order chi connectivity index (χ1) is 13.3. The van der Waals surface area contributed by atoms with Crippen LogP contribution in [0.1, 0.15) is 5.69 Å². The van der Waals surface area contributed by atoms with Crippen LogP contribution in [0.4, 0.5) is 0 Å². The Morgan fingerprint density at radius 3 is 1.96 bits per heavy atom. The van der Waals surface area contributed by atoms with Crippen LogP contribution in [0.3, 0.4) is 0 Å². The van der Waals surface area contributed by atoms with Gasteiger partial charge in [-0.05, 0) is 42.8 Å². The largest absolute Gasteiger partial charge is 0.497 e. The van der Waals surface area contributed by atoms with Crippen LogP contribution in [0.25, 0.3) is 5.69 Å². The van der Waals surface area contributed by atoms with Crippen molar-refractivity contribution in [3.05, 3.63) is 96.8 Å². The highest BCUT2D eigenvalue weighted by Gasteiger charge is 2.16. The first-order valence-corrected chi connectivity index (χ1v) is 10.3. The Morgan fingerprint density at radius 2 is 1.41 bits per heavy atom. The lowest BCUT2D eigenvalue weighted by atomic mass is 10.3. The third-order valence-corrected chi connectivity index (χ3v) is 6.82. The topological polar surface area (TPSA) is 39.9 Å². The molecule has 0 amide bonds. The molecule has 3 aromatic carbocycles. The Labute approximate surface area is 160 Å². The molecule has 0 fully saturated rings. The fourth-order valence-corrected chi connectivity index (χ4v) is 5.14. The Hall–Kier alpha value is -2.97. The van der Waals surface area contributed by atoms with Gasteiger partial charge in [0, 0.05) is 6.16 Å². The van der Waals surface area contributed by atoms with Gasteiger partial charge in [-0.2, -0.15) is 0 Å². The molecule has 0 aliphatic carbocycles. The first kappa shape index (κ1) is 17.4. The van der Waals surface area contributed by atoms with Crippen molar-refractivity contribution in [2.45, 2.75) is 6.16 Å². The molecule has 0 atom stereocenters. The van der Waals surface area contributed by atoms with E-state index in [0.29, 0.717) is 0 Å². The maximum atomic E-state index is 5.22. The average Bonchev–Trinajstić information content (AvgIpc) is 3.22. The van der Waals surface area contributed by atoms with Crippen LogP contribution in [0.5, 0.6) is 5.75 Å². The smallest absolute Gasteiger partial charge is 0.119 e. The van der Waals surface area contributed by atoms with Gasteiger partial charge < -0.3 is 4.74 Å². The quantitative estimate of drug-likeness (QED) is 0.481. The molecule has 0 saturated heterocycles. The minimum absolute atomic E-state index is 0.526. The van der Waals surface area contributed by atoms with Crippen molar-refractivity contribution in [1.82, 2.24) is 15.0 Å². The molecule has 4 nitrogen and oxygen atoms in total. The average molecular weight is 373 g/mol. The van der Waals surface area contributed by atoms with Crippen molar-refractivity contribution >= 4 is 18.5 Å². The van der Waals surface area contributed by atoms with Crippen molar-refractivity contribution < 1.29 is 4.74 Å².